The number of likely N-dealkylation sites (N-methyl/N-ethyl adjacent to an activating group) is 1. The Hall–Kier alpha value is -3.14. The highest BCUT2D eigenvalue weighted by molar-refractivity contribution is 7.93. The maximum Gasteiger partial charge on any atom is 0.244 e. The molecular formula is C20H24FN3O5S. The molecule has 0 bridgehead atoms. The van der Waals surface area contributed by atoms with Gasteiger partial charge < -0.3 is 15.4 Å². The summed E-state index contributed by atoms with van der Waals surface area (Å²) in [5, 5.41) is 0. The Bertz CT molecular complexity index is 1010. The number of primary amides is 1. The predicted octanol–water partition coefficient (Wildman–Crippen LogP) is 2.04. The topological polar surface area (TPSA) is 119 Å². The Morgan fingerprint density at radius 2 is 1.80 bits per heavy atom. The van der Waals surface area contributed by atoms with Crippen LogP contribution in [-0.4, -0.2) is 44.0 Å². The van der Waals surface area contributed by atoms with Crippen molar-refractivity contribution < 1.29 is 27.1 Å². The second-order valence-corrected chi connectivity index (χ2v) is 8.64. The standard InChI is InChI=1S/C20H24FN3O5S/c1-13(2)29-17-9-7-16(8-10-17)23-30(27,28)12-18(25)24(3)19(20(22)26)14-5-4-6-15(21)11-14/h4-11,13,19,23H,12H2,1-3H3,(H2,22,26). The molecule has 10 heteroatoms. The number of ether oxygens (including phenoxy) is 1. The van der Waals surface area contributed by atoms with Gasteiger partial charge in [0.05, 0.1) is 6.10 Å². The SMILES string of the molecule is CC(C)Oc1ccc(NS(=O)(=O)CC(=O)N(C)C(C(N)=O)c2cccc(F)c2)cc1. The minimum atomic E-state index is -4.07. The van der Waals surface area contributed by atoms with Crippen LogP contribution in [0.25, 0.3) is 0 Å². The van der Waals surface area contributed by atoms with Crippen LogP contribution in [0.3, 0.4) is 0 Å². The maximum absolute atomic E-state index is 13.5. The zero-order valence-electron chi connectivity index (χ0n) is 16.8. The largest absolute Gasteiger partial charge is 0.491 e. The molecule has 0 spiro atoms. The second kappa shape index (κ2) is 9.57. The Morgan fingerprint density at radius 1 is 1.17 bits per heavy atom. The fourth-order valence-corrected chi connectivity index (χ4v) is 3.85. The summed E-state index contributed by atoms with van der Waals surface area (Å²) in [5.74, 6) is -2.76. The number of anilines is 1. The second-order valence-electron chi connectivity index (χ2n) is 6.92. The van der Waals surface area contributed by atoms with E-state index in [-0.39, 0.29) is 17.4 Å². The zero-order valence-corrected chi connectivity index (χ0v) is 17.6. The van der Waals surface area contributed by atoms with Crippen molar-refractivity contribution in [3.8, 4) is 5.75 Å². The van der Waals surface area contributed by atoms with E-state index in [2.05, 4.69) is 4.72 Å². The van der Waals surface area contributed by atoms with E-state index in [0.29, 0.717) is 5.75 Å². The molecule has 2 aromatic rings. The zero-order chi connectivity index (χ0) is 22.5. The molecule has 0 aromatic heterocycles. The molecule has 2 aromatic carbocycles. The van der Waals surface area contributed by atoms with Crippen LogP contribution < -0.4 is 15.2 Å². The number of nitrogens with one attached hydrogen (secondary N) is 1. The molecule has 0 fully saturated rings. The van der Waals surface area contributed by atoms with Gasteiger partial charge >= 0.3 is 0 Å². The number of benzene rings is 2. The van der Waals surface area contributed by atoms with Gasteiger partial charge in [-0.25, -0.2) is 12.8 Å². The number of carbonyl (C=O) groups is 2. The van der Waals surface area contributed by atoms with Crippen LogP contribution in [0.5, 0.6) is 5.75 Å². The van der Waals surface area contributed by atoms with E-state index in [9.17, 15) is 22.4 Å². The molecule has 2 amide bonds. The van der Waals surface area contributed by atoms with Crippen LogP contribution in [0.4, 0.5) is 10.1 Å². The normalized spacial score (nSPS) is 12.3. The van der Waals surface area contributed by atoms with Crippen molar-refractivity contribution in [1.82, 2.24) is 4.90 Å². The lowest BCUT2D eigenvalue weighted by molar-refractivity contribution is -0.136. The van der Waals surface area contributed by atoms with Gasteiger partial charge in [0.1, 0.15) is 23.4 Å². The number of hydrogen-bond acceptors (Lipinski definition) is 5. The molecule has 0 radical (unpaired) electrons. The molecule has 0 saturated carbocycles. The highest BCUT2D eigenvalue weighted by atomic mass is 32.2. The molecule has 0 aliphatic carbocycles. The number of sulfonamides is 1. The smallest absolute Gasteiger partial charge is 0.244 e. The number of rotatable bonds is 9. The molecule has 0 aliphatic heterocycles. The van der Waals surface area contributed by atoms with Gasteiger partial charge in [-0.15, -0.1) is 0 Å². The van der Waals surface area contributed by atoms with Crippen molar-refractivity contribution >= 4 is 27.5 Å². The number of carbonyl (C=O) groups excluding carboxylic acids is 2. The minimum absolute atomic E-state index is 0.0306. The third-order valence-corrected chi connectivity index (χ3v) is 5.20. The number of nitrogens with zero attached hydrogens (tertiary/aromatic N) is 1. The van der Waals surface area contributed by atoms with Crippen molar-refractivity contribution in [2.45, 2.75) is 26.0 Å². The van der Waals surface area contributed by atoms with E-state index >= 15 is 0 Å². The predicted molar refractivity (Wildman–Crippen MR) is 111 cm³/mol. The van der Waals surface area contributed by atoms with Gasteiger partial charge in [0, 0.05) is 12.7 Å². The van der Waals surface area contributed by atoms with Gasteiger partial charge in [0.15, 0.2) is 0 Å². The lowest BCUT2D eigenvalue weighted by Gasteiger charge is -2.26. The summed E-state index contributed by atoms with van der Waals surface area (Å²) in [6.45, 7) is 3.73. The van der Waals surface area contributed by atoms with E-state index < -0.39 is 39.4 Å². The fourth-order valence-electron chi connectivity index (χ4n) is 2.75. The van der Waals surface area contributed by atoms with Crippen LogP contribution in [-0.2, 0) is 19.6 Å². The molecule has 3 N–H and O–H groups in total. The molecule has 0 aliphatic rings. The average Bonchev–Trinajstić information content (AvgIpc) is 2.62. The van der Waals surface area contributed by atoms with Crippen LogP contribution >= 0.6 is 0 Å². The molecular weight excluding hydrogens is 413 g/mol. The quantitative estimate of drug-likeness (QED) is 0.622. The van der Waals surface area contributed by atoms with Gasteiger partial charge in [-0.05, 0) is 55.8 Å². The summed E-state index contributed by atoms with van der Waals surface area (Å²) in [5.41, 5.74) is 5.75. The molecule has 8 nitrogen and oxygen atoms in total. The molecule has 162 valence electrons. The number of halogens is 1. The summed E-state index contributed by atoms with van der Waals surface area (Å²) < 4.78 is 46.1. The third-order valence-electron chi connectivity index (χ3n) is 4.03. The van der Waals surface area contributed by atoms with Crippen LogP contribution in [0.2, 0.25) is 0 Å². The first-order chi connectivity index (χ1) is 14.0. The van der Waals surface area contributed by atoms with Crippen molar-refractivity contribution in [2.24, 2.45) is 5.73 Å². The van der Waals surface area contributed by atoms with Crippen LogP contribution in [0.15, 0.2) is 48.5 Å². The van der Waals surface area contributed by atoms with E-state index in [0.717, 1.165) is 11.0 Å². The van der Waals surface area contributed by atoms with Gasteiger partial charge in [-0.2, -0.15) is 0 Å². The highest BCUT2D eigenvalue weighted by Gasteiger charge is 2.29. The van der Waals surface area contributed by atoms with Crippen molar-refractivity contribution in [3.05, 3.63) is 59.9 Å². The molecule has 2 rings (SSSR count). The highest BCUT2D eigenvalue weighted by Crippen LogP contribution is 2.21. The summed E-state index contributed by atoms with van der Waals surface area (Å²) in [4.78, 5) is 25.2. The fraction of sp³-hybridized carbons (Fsp3) is 0.300. The van der Waals surface area contributed by atoms with Crippen LogP contribution in [0, 0.1) is 5.82 Å². The van der Waals surface area contributed by atoms with E-state index in [1.165, 1.54) is 37.4 Å². The minimum Gasteiger partial charge on any atom is -0.491 e. The first-order valence-electron chi connectivity index (χ1n) is 9.06. The van der Waals surface area contributed by atoms with Crippen molar-refractivity contribution in [2.75, 3.05) is 17.5 Å². The Labute approximate surface area is 174 Å². The maximum atomic E-state index is 13.5. The monoisotopic (exact) mass is 437 g/mol. The van der Waals surface area contributed by atoms with Gasteiger partial charge in [0.2, 0.25) is 21.8 Å². The van der Waals surface area contributed by atoms with E-state index in [1.54, 1.807) is 12.1 Å². The molecule has 0 saturated heterocycles. The Kier molecular flexibility index (Phi) is 7.38. The number of hydrogen-bond donors (Lipinski definition) is 2. The van der Waals surface area contributed by atoms with Crippen molar-refractivity contribution in [1.29, 1.82) is 0 Å². The van der Waals surface area contributed by atoms with Gasteiger partial charge in [-0.3, -0.25) is 14.3 Å². The van der Waals surface area contributed by atoms with Gasteiger partial charge in [-0.1, -0.05) is 12.1 Å². The Balaban J connectivity index is 2.11. The molecule has 30 heavy (non-hydrogen) atoms. The molecule has 1 unspecified atom stereocenters. The lowest BCUT2D eigenvalue weighted by atomic mass is 10.0. The lowest BCUT2D eigenvalue weighted by Crippen LogP contribution is -2.42. The summed E-state index contributed by atoms with van der Waals surface area (Å²) >= 11 is 0. The van der Waals surface area contributed by atoms with E-state index in [1.807, 2.05) is 13.8 Å². The van der Waals surface area contributed by atoms with E-state index in [4.69, 9.17) is 10.5 Å². The summed E-state index contributed by atoms with van der Waals surface area (Å²) in [6, 6.07) is 9.92. The number of amides is 2. The number of nitrogens with two attached hydrogens (primary N) is 1. The molecule has 1 atom stereocenters. The van der Waals surface area contributed by atoms with Crippen molar-refractivity contribution in [3.63, 3.8) is 0 Å². The summed E-state index contributed by atoms with van der Waals surface area (Å²) in [7, 11) is -2.84. The molecule has 0 heterocycles. The summed E-state index contributed by atoms with van der Waals surface area (Å²) in [6.07, 6.45) is -0.0306. The van der Waals surface area contributed by atoms with Gasteiger partial charge in [0.25, 0.3) is 0 Å². The van der Waals surface area contributed by atoms with Crippen LogP contribution in [0.1, 0.15) is 25.5 Å². The Morgan fingerprint density at radius 3 is 2.33 bits per heavy atom. The third kappa shape index (κ3) is 6.45. The first-order valence-corrected chi connectivity index (χ1v) is 10.7. The first kappa shape index (κ1) is 23.1. The average molecular weight is 437 g/mol.